The molecule has 1 aliphatic heterocycles. The van der Waals surface area contributed by atoms with Gasteiger partial charge in [-0.2, -0.15) is 13.2 Å². The Labute approximate surface area is 220 Å². The predicted molar refractivity (Wildman–Crippen MR) is 144 cm³/mol. The van der Waals surface area contributed by atoms with E-state index >= 15 is 0 Å². The van der Waals surface area contributed by atoms with Crippen LogP contribution in [0, 0.1) is 0 Å². The zero-order valence-corrected chi connectivity index (χ0v) is 21.0. The normalized spacial score (nSPS) is 14.1. The zero-order valence-electron chi connectivity index (χ0n) is 21.0. The van der Waals surface area contributed by atoms with E-state index in [1.54, 1.807) is 29.2 Å². The van der Waals surface area contributed by atoms with Gasteiger partial charge in [-0.1, -0.05) is 73.3 Å². The third-order valence-corrected chi connectivity index (χ3v) is 6.20. The Morgan fingerprint density at radius 1 is 1.00 bits per heavy atom. The molecule has 0 spiro atoms. The lowest BCUT2D eigenvalue weighted by atomic mass is 10.00. The van der Waals surface area contributed by atoms with Gasteiger partial charge in [0.05, 0.1) is 6.54 Å². The van der Waals surface area contributed by atoms with Gasteiger partial charge in [0, 0.05) is 31.4 Å². The third kappa shape index (κ3) is 6.51. The van der Waals surface area contributed by atoms with Crippen LogP contribution in [-0.2, 0) is 11.3 Å². The van der Waals surface area contributed by atoms with E-state index in [4.69, 9.17) is 4.74 Å². The number of alkyl halides is 3. The maximum Gasteiger partial charge on any atom is 0.448 e. The molecule has 1 aliphatic rings. The predicted octanol–water partition coefficient (Wildman–Crippen LogP) is 7.07. The van der Waals surface area contributed by atoms with E-state index in [0.29, 0.717) is 18.7 Å². The van der Waals surface area contributed by atoms with Crippen LogP contribution in [0.5, 0.6) is 0 Å². The summed E-state index contributed by atoms with van der Waals surface area (Å²) in [5.41, 5.74) is 4.31. The van der Waals surface area contributed by atoms with E-state index < -0.39 is 11.9 Å². The van der Waals surface area contributed by atoms with Crippen molar-refractivity contribution in [3.05, 3.63) is 120 Å². The van der Waals surface area contributed by atoms with Gasteiger partial charge >= 0.3 is 12.2 Å². The maximum atomic E-state index is 13.7. The highest BCUT2D eigenvalue weighted by Crippen LogP contribution is 2.27. The first-order chi connectivity index (χ1) is 18.3. The van der Waals surface area contributed by atoms with E-state index in [1.807, 2.05) is 53.4 Å². The molecular weight excluding hydrogens is 491 g/mol. The number of amides is 2. The number of carbonyl (C=O) groups is 1. The van der Waals surface area contributed by atoms with Crippen LogP contribution in [0.3, 0.4) is 0 Å². The van der Waals surface area contributed by atoms with Crippen molar-refractivity contribution in [2.75, 3.05) is 25.0 Å². The molecule has 0 saturated heterocycles. The SMILES string of the molecule is C=C(OC(=NC)c1ccc(CN(C(=O)N2CC=C(c3ccccc3)CC2)c2ccccc2)cc1)C(F)(F)F. The Morgan fingerprint density at radius 3 is 2.18 bits per heavy atom. The van der Waals surface area contributed by atoms with Gasteiger partial charge in [-0.3, -0.25) is 9.89 Å². The van der Waals surface area contributed by atoms with Crippen molar-refractivity contribution >= 4 is 23.2 Å². The van der Waals surface area contributed by atoms with Gasteiger partial charge in [-0.05, 0) is 47.4 Å². The van der Waals surface area contributed by atoms with E-state index in [-0.39, 0.29) is 18.5 Å². The lowest BCUT2D eigenvalue weighted by Crippen LogP contribution is -2.44. The molecule has 5 nitrogen and oxygen atoms in total. The highest BCUT2D eigenvalue weighted by molar-refractivity contribution is 5.95. The molecule has 4 rings (SSSR count). The standard InChI is InChI=1S/C30H28F3N3O2/c1-22(30(31,32)33)38-28(34-2)26-15-13-23(14-16-26)21-36(27-11-7-4-8-12-27)29(37)35-19-17-25(18-20-35)24-9-5-3-6-10-24/h3-17H,1,18-21H2,2H3. The number of aliphatic imine (C=N–C) groups is 1. The van der Waals surface area contributed by atoms with Crippen molar-refractivity contribution in [2.45, 2.75) is 19.1 Å². The van der Waals surface area contributed by atoms with Gasteiger partial charge in [-0.15, -0.1) is 0 Å². The molecule has 0 radical (unpaired) electrons. The third-order valence-electron chi connectivity index (χ3n) is 6.20. The lowest BCUT2D eigenvalue weighted by molar-refractivity contribution is -0.117. The molecule has 3 aromatic carbocycles. The quantitative estimate of drug-likeness (QED) is 0.199. The van der Waals surface area contributed by atoms with Crippen molar-refractivity contribution in [3.63, 3.8) is 0 Å². The monoisotopic (exact) mass is 519 g/mol. The second-order valence-corrected chi connectivity index (χ2v) is 8.74. The largest absolute Gasteiger partial charge is 0.448 e. The molecule has 196 valence electrons. The Bertz CT molecular complexity index is 1320. The molecule has 0 N–H and O–H groups in total. The fraction of sp³-hybridized carbons (Fsp3) is 0.200. The van der Waals surface area contributed by atoms with Gasteiger partial charge < -0.3 is 9.64 Å². The van der Waals surface area contributed by atoms with Crippen molar-refractivity contribution in [2.24, 2.45) is 4.99 Å². The Morgan fingerprint density at radius 2 is 1.63 bits per heavy atom. The van der Waals surface area contributed by atoms with Crippen molar-refractivity contribution in [3.8, 4) is 0 Å². The summed E-state index contributed by atoms with van der Waals surface area (Å²) in [4.78, 5) is 21.0. The number of hydrogen-bond donors (Lipinski definition) is 0. The molecule has 0 bridgehead atoms. The number of benzene rings is 3. The summed E-state index contributed by atoms with van der Waals surface area (Å²) in [5, 5.41) is 0. The van der Waals surface area contributed by atoms with E-state index in [9.17, 15) is 18.0 Å². The first-order valence-corrected chi connectivity index (χ1v) is 12.1. The fourth-order valence-electron chi connectivity index (χ4n) is 4.15. The first-order valence-electron chi connectivity index (χ1n) is 12.1. The average Bonchev–Trinajstić information content (AvgIpc) is 2.95. The van der Waals surface area contributed by atoms with Crippen LogP contribution in [0.4, 0.5) is 23.7 Å². The average molecular weight is 520 g/mol. The first kappa shape index (κ1) is 26.7. The highest BCUT2D eigenvalue weighted by Gasteiger charge is 2.35. The Hall–Kier alpha value is -4.33. The Balaban J connectivity index is 1.50. The number of halogens is 3. The molecule has 0 atom stereocenters. The molecular formula is C30H28F3N3O2. The van der Waals surface area contributed by atoms with Crippen LogP contribution in [0.25, 0.3) is 5.57 Å². The second-order valence-electron chi connectivity index (χ2n) is 8.74. The minimum Gasteiger partial charge on any atom is -0.434 e. The summed E-state index contributed by atoms with van der Waals surface area (Å²) in [6.07, 6.45) is -1.83. The topological polar surface area (TPSA) is 45.1 Å². The summed E-state index contributed by atoms with van der Waals surface area (Å²) in [7, 11) is 1.35. The van der Waals surface area contributed by atoms with Gasteiger partial charge in [-0.25, -0.2) is 4.79 Å². The highest BCUT2D eigenvalue weighted by atomic mass is 19.4. The van der Waals surface area contributed by atoms with Gasteiger partial charge in [0.1, 0.15) is 0 Å². The molecule has 1 heterocycles. The van der Waals surface area contributed by atoms with Crippen LogP contribution >= 0.6 is 0 Å². The number of hydrogen-bond acceptors (Lipinski definition) is 3. The number of carbonyl (C=O) groups excluding carboxylic acids is 1. The number of urea groups is 1. The van der Waals surface area contributed by atoms with Crippen LogP contribution < -0.4 is 4.90 Å². The number of ether oxygens (including phenoxy) is 1. The van der Waals surface area contributed by atoms with E-state index in [2.05, 4.69) is 29.8 Å². The van der Waals surface area contributed by atoms with E-state index in [1.165, 1.54) is 12.6 Å². The minimum absolute atomic E-state index is 0.121. The van der Waals surface area contributed by atoms with E-state index in [0.717, 1.165) is 23.2 Å². The summed E-state index contributed by atoms with van der Waals surface area (Å²) < 4.78 is 43.4. The van der Waals surface area contributed by atoms with Gasteiger partial charge in [0.25, 0.3) is 0 Å². The van der Waals surface area contributed by atoms with Crippen LogP contribution in [0.1, 0.15) is 23.1 Å². The summed E-state index contributed by atoms with van der Waals surface area (Å²) in [5.74, 6) is -1.53. The van der Waals surface area contributed by atoms with Crippen LogP contribution in [0.15, 0.2) is 108 Å². The van der Waals surface area contributed by atoms with Crippen molar-refractivity contribution in [1.29, 1.82) is 0 Å². The molecule has 0 unspecified atom stereocenters. The van der Waals surface area contributed by atoms with Crippen LogP contribution in [0.2, 0.25) is 0 Å². The van der Waals surface area contributed by atoms with Gasteiger partial charge in [0.15, 0.2) is 0 Å². The molecule has 0 aliphatic carbocycles. The molecule has 2 amide bonds. The summed E-state index contributed by atoms with van der Waals surface area (Å²) in [6.45, 7) is 4.31. The number of anilines is 1. The molecule has 0 aromatic heterocycles. The van der Waals surface area contributed by atoms with Gasteiger partial charge in [0.2, 0.25) is 11.7 Å². The molecule has 3 aromatic rings. The molecule has 0 fully saturated rings. The molecule has 38 heavy (non-hydrogen) atoms. The molecule has 0 saturated carbocycles. The number of rotatable bonds is 6. The molecule has 8 heteroatoms. The zero-order chi connectivity index (χ0) is 27.1. The number of para-hydroxylation sites is 1. The minimum atomic E-state index is -4.68. The number of nitrogens with zero attached hydrogens (tertiary/aromatic N) is 3. The maximum absolute atomic E-state index is 13.7. The smallest absolute Gasteiger partial charge is 0.434 e. The Kier molecular flexibility index (Phi) is 8.31. The van der Waals surface area contributed by atoms with Crippen LogP contribution in [-0.4, -0.2) is 43.1 Å². The fourth-order valence-corrected chi connectivity index (χ4v) is 4.15. The summed E-state index contributed by atoms with van der Waals surface area (Å²) in [6, 6.07) is 26.1. The number of allylic oxidation sites excluding steroid dienone is 1. The van der Waals surface area contributed by atoms with Crippen molar-refractivity contribution < 1.29 is 22.7 Å². The summed E-state index contributed by atoms with van der Waals surface area (Å²) >= 11 is 0. The lowest BCUT2D eigenvalue weighted by Gasteiger charge is -2.33. The second kappa shape index (κ2) is 11.8. The van der Waals surface area contributed by atoms with Crippen molar-refractivity contribution in [1.82, 2.24) is 4.90 Å².